The van der Waals surface area contributed by atoms with Gasteiger partial charge < -0.3 is 24.0 Å². The van der Waals surface area contributed by atoms with Crippen molar-refractivity contribution >= 4 is 11.8 Å². The van der Waals surface area contributed by atoms with Gasteiger partial charge in [0.2, 0.25) is 5.75 Å². The number of halogens is 1. The van der Waals surface area contributed by atoms with Gasteiger partial charge in [-0.15, -0.1) is 0 Å². The van der Waals surface area contributed by atoms with Crippen LogP contribution < -0.4 is 14.2 Å². The van der Waals surface area contributed by atoms with Crippen molar-refractivity contribution in [3.05, 3.63) is 59.5 Å². The summed E-state index contributed by atoms with van der Waals surface area (Å²) in [5, 5.41) is 6.92. The van der Waals surface area contributed by atoms with Crippen molar-refractivity contribution in [2.24, 2.45) is 0 Å². The lowest BCUT2D eigenvalue weighted by Crippen LogP contribution is -2.50. The molecule has 3 aromatic rings. The summed E-state index contributed by atoms with van der Waals surface area (Å²) < 4.78 is 29.1. The lowest BCUT2D eigenvalue weighted by molar-refractivity contribution is 0.0532. The molecule has 0 radical (unpaired) electrons. The monoisotopic (exact) mass is 468 g/mol. The van der Waals surface area contributed by atoms with Gasteiger partial charge in [0.1, 0.15) is 11.5 Å². The molecule has 0 bridgehead atoms. The van der Waals surface area contributed by atoms with Crippen molar-refractivity contribution < 1.29 is 28.2 Å². The number of nitrogens with zero attached hydrogens (tertiary/aromatic N) is 3. The molecular weight excluding hydrogens is 443 g/mol. The third kappa shape index (κ3) is 4.52. The molecule has 0 spiro atoms. The van der Waals surface area contributed by atoms with E-state index in [1.807, 2.05) is 0 Å². The number of piperazine rings is 1. The van der Waals surface area contributed by atoms with Gasteiger partial charge in [0.15, 0.2) is 11.5 Å². The number of hydrogen-bond donors (Lipinski definition) is 1. The average Bonchev–Trinajstić information content (AvgIpc) is 3.37. The molecule has 1 N–H and O–H groups in total. The summed E-state index contributed by atoms with van der Waals surface area (Å²) >= 11 is 0. The molecule has 2 aromatic carbocycles. The van der Waals surface area contributed by atoms with E-state index in [2.05, 4.69) is 10.2 Å². The summed E-state index contributed by atoms with van der Waals surface area (Å²) in [6.07, 6.45) is 0. The number of amides is 2. The Morgan fingerprint density at radius 2 is 1.41 bits per heavy atom. The standard InChI is InChI=1S/C24H25FN4O5/c1-32-20-12-16(13-21(33-2)22(20)34-3)23(30)28-8-10-29(11-9-28)24(31)19-14-18(26-27-19)15-4-6-17(25)7-5-15/h4-7,12-14H,8-11H2,1-3H3,(H,26,27). The van der Waals surface area contributed by atoms with Gasteiger partial charge in [0, 0.05) is 37.3 Å². The molecule has 0 unspecified atom stereocenters. The van der Waals surface area contributed by atoms with Gasteiger partial charge in [-0.2, -0.15) is 5.10 Å². The summed E-state index contributed by atoms with van der Waals surface area (Å²) in [4.78, 5) is 29.4. The second-order valence-corrected chi connectivity index (χ2v) is 7.67. The van der Waals surface area contributed by atoms with E-state index in [9.17, 15) is 14.0 Å². The van der Waals surface area contributed by atoms with Crippen LogP contribution in [0.4, 0.5) is 4.39 Å². The van der Waals surface area contributed by atoms with Crippen LogP contribution in [0, 0.1) is 5.82 Å². The van der Waals surface area contributed by atoms with Crippen LogP contribution in [0.15, 0.2) is 42.5 Å². The van der Waals surface area contributed by atoms with Crippen molar-refractivity contribution in [2.45, 2.75) is 0 Å². The second-order valence-electron chi connectivity index (χ2n) is 7.67. The van der Waals surface area contributed by atoms with Crippen molar-refractivity contribution in [1.82, 2.24) is 20.0 Å². The fraction of sp³-hybridized carbons (Fsp3) is 0.292. The number of carbonyl (C=O) groups excluding carboxylic acids is 2. The number of H-pyrrole nitrogens is 1. The number of nitrogens with one attached hydrogen (secondary N) is 1. The Morgan fingerprint density at radius 3 is 1.94 bits per heavy atom. The average molecular weight is 468 g/mol. The highest BCUT2D eigenvalue weighted by atomic mass is 19.1. The predicted molar refractivity (Wildman–Crippen MR) is 122 cm³/mol. The van der Waals surface area contributed by atoms with E-state index in [0.717, 1.165) is 0 Å². The molecule has 1 saturated heterocycles. The SMILES string of the molecule is COc1cc(C(=O)N2CCN(C(=O)c3cc(-c4ccc(F)cc4)n[nH]3)CC2)cc(OC)c1OC. The molecule has 1 aromatic heterocycles. The highest BCUT2D eigenvalue weighted by Crippen LogP contribution is 2.38. The van der Waals surface area contributed by atoms with Gasteiger partial charge in [-0.1, -0.05) is 0 Å². The number of carbonyl (C=O) groups is 2. The first-order valence-electron chi connectivity index (χ1n) is 10.6. The molecule has 1 aliphatic rings. The van der Waals surface area contributed by atoms with Crippen molar-refractivity contribution in [3.63, 3.8) is 0 Å². The number of benzene rings is 2. The molecule has 10 heteroatoms. The number of methoxy groups -OCH3 is 3. The molecule has 9 nitrogen and oxygen atoms in total. The molecule has 34 heavy (non-hydrogen) atoms. The summed E-state index contributed by atoms with van der Waals surface area (Å²) in [5.74, 6) is 0.476. The Kier molecular flexibility index (Phi) is 6.67. The van der Waals surface area contributed by atoms with Crippen LogP contribution in [0.25, 0.3) is 11.3 Å². The van der Waals surface area contributed by atoms with Gasteiger partial charge in [0.05, 0.1) is 27.0 Å². The molecule has 2 heterocycles. The molecule has 0 atom stereocenters. The summed E-state index contributed by atoms with van der Waals surface area (Å²) in [6.45, 7) is 1.50. The minimum Gasteiger partial charge on any atom is -0.493 e. The van der Waals surface area contributed by atoms with Crippen LogP contribution in [0.3, 0.4) is 0 Å². The number of aromatic amines is 1. The quantitative estimate of drug-likeness (QED) is 0.598. The normalized spacial score (nSPS) is 13.5. The maximum absolute atomic E-state index is 13.2. The minimum absolute atomic E-state index is 0.188. The highest BCUT2D eigenvalue weighted by molar-refractivity contribution is 5.96. The lowest BCUT2D eigenvalue weighted by atomic mass is 10.1. The van der Waals surface area contributed by atoms with Crippen LogP contribution in [-0.4, -0.2) is 79.3 Å². The largest absolute Gasteiger partial charge is 0.493 e. The summed E-state index contributed by atoms with van der Waals surface area (Å²) in [7, 11) is 4.49. The fourth-order valence-corrected chi connectivity index (χ4v) is 3.87. The van der Waals surface area contributed by atoms with Crippen LogP contribution in [0.5, 0.6) is 17.2 Å². The number of hydrogen-bond acceptors (Lipinski definition) is 6. The second kappa shape index (κ2) is 9.82. The highest BCUT2D eigenvalue weighted by Gasteiger charge is 2.28. The van der Waals surface area contributed by atoms with Crippen LogP contribution >= 0.6 is 0 Å². The van der Waals surface area contributed by atoms with Gasteiger partial charge >= 0.3 is 0 Å². The molecule has 0 aliphatic carbocycles. The van der Waals surface area contributed by atoms with Crippen molar-refractivity contribution in [1.29, 1.82) is 0 Å². The molecule has 2 amide bonds. The maximum Gasteiger partial charge on any atom is 0.272 e. The summed E-state index contributed by atoms with van der Waals surface area (Å²) in [5.41, 5.74) is 2.01. The predicted octanol–water partition coefficient (Wildman–Crippen LogP) is 2.84. The number of rotatable bonds is 6. The molecule has 0 saturated carbocycles. The van der Waals surface area contributed by atoms with Gasteiger partial charge in [0.25, 0.3) is 11.8 Å². The van der Waals surface area contributed by atoms with Gasteiger partial charge in [-0.3, -0.25) is 14.7 Å². The number of aromatic nitrogens is 2. The Bertz CT molecular complexity index is 1160. The zero-order valence-electron chi connectivity index (χ0n) is 19.1. The van der Waals surface area contributed by atoms with Crippen molar-refractivity contribution in [2.75, 3.05) is 47.5 Å². The molecule has 4 rings (SSSR count). The van der Waals surface area contributed by atoms with Gasteiger partial charge in [-0.05, 0) is 42.5 Å². The van der Waals surface area contributed by atoms with E-state index < -0.39 is 0 Å². The van der Waals surface area contributed by atoms with Crippen LogP contribution in [-0.2, 0) is 0 Å². The van der Waals surface area contributed by atoms with E-state index in [-0.39, 0.29) is 17.6 Å². The third-order valence-electron chi connectivity index (χ3n) is 5.71. The Morgan fingerprint density at radius 1 is 0.853 bits per heavy atom. The zero-order valence-corrected chi connectivity index (χ0v) is 19.1. The Labute approximate surface area is 196 Å². The fourth-order valence-electron chi connectivity index (χ4n) is 3.87. The molecule has 1 fully saturated rings. The van der Waals surface area contributed by atoms with Crippen LogP contribution in [0.1, 0.15) is 20.8 Å². The van der Waals surface area contributed by atoms with Crippen LogP contribution in [0.2, 0.25) is 0 Å². The maximum atomic E-state index is 13.2. The zero-order chi connectivity index (χ0) is 24.2. The van der Waals surface area contributed by atoms with Gasteiger partial charge in [-0.25, -0.2) is 4.39 Å². The van der Waals surface area contributed by atoms with E-state index >= 15 is 0 Å². The van der Waals surface area contributed by atoms with Crippen molar-refractivity contribution in [3.8, 4) is 28.5 Å². The third-order valence-corrected chi connectivity index (χ3v) is 5.71. The first-order chi connectivity index (χ1) is 16.4. The lowest BCUT2D eigenvalue weighted by Gasteiger charge is -2.34. The molecule has 1 aliphatic heterocycles. The topological polar surface area (TPSA) is 97.0 Å². The molecular formula is C24H25FN4O5. The van der Waals surface area contributed by atoms with E-state index in [0.29, 0.717) is 65.9 Å². The smallest absolute Gasteiger partial charge is 0.272 e. The van der Waals surface area contributed by atoms with E-state index in [1.54, 1.807) is 40.1 Å². The Hall–Kier alpha value is -4.08. The number of ether oxygens (including phenoxy) is 3. The summed E-state index contributed by atoms with van der Waals surface area (Å²) in [6, 6.07) is 10.8. The van der Waals surface area contributed by atoms with E-state index in [4.69, 9.17) is 14.2 Å². The molecule has 178 valence electrons. The van der Waals surface area contributed by atoms with E-state index in [1.165, 1.54) is 33.5 Å². The Balaban J connectivity index is 1.42. The first kappa shape index (κ1) is 23.1. The first-order valence-corrected chi connectivity index (χ1v) is 10.6. The minimum atomic E-state index is -0.338.